The van der Waals surface area contributed by atoms with Crippen molar-refractivity contribution < 1.29 is 22.7 Å². The van der Waals surface area contributed by atoms with E-state index in [4.69, 9.17) is 0 Å². The summed E-state index contributed by atoms with van der Waals surface area (Å²) in [4.78, 5) is 0. The van der Waals surface area contributed by atoms with Gasteiger partial charge in [0.15, 0.2) is 11.6 Å². The molecule has 0 bridgehead atoms. The van der Waals surface area contributed by atoms with E-state index in [-0.39, 0.29) is 29.5 Å². The highest BCUT2D eigenvalue weighted by molar-refractivity contribution is 5.66. The van der Waals surface area contributed by atoms with Crippen molar-refractivity contribution >= 4 is 0 Å². The van der Waals surface area contributed by atoms with Gasteiger partial charge in [-0.3, -0.25) is 0 Å². The van der Waals surface area contributed by atoms with Crippen molar-refractivity contribution in [2.45, 2.75) is 19.8 Å². The maximum Gasteiger partial charge on any atom is 0.170 e. The number of hydrogen-bond donors (Lipinski definition) is 1. The first-order valence-corrected chi connectivity index (χ1v) is 8.07. The van der Waals surface area contributed by atoms with E-state index in [1.54, 1.807) is 25.1 Å². The number of aryl methyl sites for hydroxylation is 2. The Balaban J connectivity index is 1.96. The van der Waals surface area contributed by atoms with E-state index in [0.29, 0.717) is 5.56 Å². The summed E-state index contributed by atoms with van der Waals surface area (Å²) >= 11 is 0. The van der Waals surface area contributed by atoms with Crippen LogP contribution in [0.3, 0.4) is 0 Å². The van der Waals surface area contributed by atoms with Crippen LogP contribution in [0, 0.1) is 30.2 Å². The van der Waals surface area contributed by atoms with Crippen LogP contribution in [-0.4, -0.2) is 5.11 Å². The Hall–Kier alpha value is -2.82. The summed E-state index contributed by atoms with van der Waals surface area (Å²) < 4.78 is 56.1. The summed E-state index contributed by atoms with van der Waals surface area (Å²) in [6.45, 7) is 1.77. The first-order valence-electron chi connectivity index (χ1n) is 8.07. The lowest BCUT2D eigenvalue weighted by molar-refractivity contribution is 0.421. The van der Waals surface area contributed by atoms with E-state index in [2.05, 4.69) is 0 Å². The van der Waals surface area contributed by atoms with E-state index in [0.717, 1.165) is 17.7 Å². The van der Waals surface area contributed by atoms with E-state index < -0.39 is 29.0 Å². The molecule has 3 aromatic rings. The zero-order valence-corrected chi connectivity index (χ0v) is 14.0. The molecule has 3 aromatic carbocycles. The van der Waals surface area contributed by atoms with Gasteiger partial charge in [-0.05, 0) is 61.2 Å². The molecule has 0 radical (unpaired) electrons. The van der Waals surface area contributed by atoms with Crippen LogP contribution in [0.25, 0.3) is 11.1 Å². The summed E-state index contributed by atoms with van der Waals surface area (Å²) in [6.07, 6.45) is -0.0812. The predicted octanol–water partition coefficient (Wildman–Crippen LogP) is 5.71. The monoisotopic (exact) mass is 360 g/mol. The lowest BCUT2D eigenvalue weighted by atomic mass is 9.95. The van der Waals surface area contributed by atoms with Gasteiger partial charge < -0.3 is 5.11 Å². The number of rotatable bonds is 4. The fourth-order valence-corrected chi connectivity index (χ4v) is 2.97. The van der Waals surface area contributed by atoms with Gasteiger partial charge in [-0.1, -0.05) is 23.8 Å². The molecule has 1 N–H and O–H groups in total. The van der Waals surface area contributed by atoms with Crippen molar-refractivity contribution in [3.63, 3.8) is 0 Å². The fourth-order valence-electron chi connectivity index (χ4n) is 2.97. The molecular formula is C21H16F4O. The average molecular weight is 360 g/mol. The number of halogens is 4. The van der Waals surface area contributed by atoms with Gasteiger partial charge >= 0.3 is 0 Å². The van der Waals surface area contributed by atoms with Crippen LogP contribution in [0.2, 0.25) is 0 Å². The van der Waals surface area contributed by atoms with E-state index in [9.17, 15) is 22.7 Å². The van der Waals surface area contributed by atoms with Crippen LogP contribution in [0.5, 0.6) is 5.75 Å². The van der Waals surface area contributed by atoms with Crippen LogP contribution >= 0.6 is 0 Å². The molecule has 0 aromatic heterocycles. The predicted molar refractivity (Wildman–Crippen MR) is 92.0 cm³/mol. The summed E-state index contributed by atoms with van der Waals surface area (Å²) in [5, 5.41) is 9.39. The number of benzene rings is 3. The van der Waals surface area contributed by atoms with Crippen molar-refractivity contribution in [1.29, 1.82) is 0 Å². The Morgan fingerprint density at radius 2 is 1.62 bits per heavy atom. The Morgan fingerprint density at radius 1 is 0.846 bits per heavy atom. The van der Waals surface area contributed by atoms with Gasteiger partial charge in [0, 0.05) is 11.1 Å². The first-order chi connectivity index (χ1) is 12.4. The van der Waals surface area contributed by atoms with Crippen molar-refractivity contribution in [2.75, 3.05) is 0 Å². The number of aromatic hydroxyl groups is 1. The summed E-state index contributed by atoms with van der Waals surface area (Å²) in [5.41, 5.74) is 1.35. The molecule has 1 nitrogen and oxygen atoms in total. The average Bonchev–Trinajstić information content (AvgIpc) is 2.60. The van der Waals surface area contributed by atoms with Gasteiger partial charge in [0.1, 0.15) is 17.5 Å². The third-order valence-corrected chi connectivity index (χ3v) is 4.24. The normalized spacial score (nSPS) is 11.0. The topological polar surface area (TPSA) is 20.2 Å². The minimum atomic E-state index is -1.04. The summed E-state index contributed by atoms with van der Waals surface area (Å²) in [7, 11) is 0. The highest BCUT2D eigenvalue weighted by Gasteiger charge is 2.16. The molecule has 0 aliphatic rings. The zero-order valence-electron chi connectivity index (χ0n) is 14.0. The first kappa shape index (κ1) is 18.0. The molecule has 0 spiro atoms. The molecular weight excluding hydrogens is 344 g/mol. The maximum atomic E-state index is 14.9. The molecule has 26 heavy (non-hydrogen) atoms. The molecule has 134 valence electrons. The highest BCUT2D eigenvalue weighted by atomic mass is 19.1. The molecule has 0 saturated heterocycles. The largest absolute Gasteiger partial charge is 0.505 e. The van der Waals surface area contributed by atoms with Crippen LogP contribution in [0.15, 0.2) is 48.5 Å². The third-order valence-electron chi connectivity index (χ3n) is 4.24. The van der Waals surface area contributed by atoms with Crippen LogP contribution in [0.4, 0.5) is 17.6 Å². The molecule has 3 rings (SSSR count). The van der Waals surface area contributed by atoms with E-state index >= 15 is 0 Å². The van der Waals surface area contributed by atoms with Crippen LogP contribution < -0.4 is 0 Å². The van der Waals surface area contributed by atoms with Crippen molar-refractivity contribution in [2.24, 2.45) is 0 Å². The Morgan fingerprint density at radius 3 is 2.35 bits per heavy atom. The van der Waals surface area contributed by atoms with Crippen molar-refractivity contribution in [3.05, 3.63) is 88.5 Å². The second kappa shape index (κ2) is 7.20. The van der Waals surface area contributed by atoms with Crippen LogP contribution in [-0.2, 0) is 12.8 Å². The fraction of sp³-hybridized carbons (Fsp3) is 0.143. The lowest BCUT2D eigenvalue weighted by Gasteiger charge is -2.12. The minimum absolute atomic E-state index is 0.0348. The number of phenols is 1. The SMILES string of the molecule is Cc1cc(CCc2c(F)ccc(O)c2F)c(F)c(-c2cccc(F)c2)c1. The van der Waals surface area contributed by atoms with Crippen molar-refractivity contribution in [1.82, 2.24) is 0 Å². The number of hydrogen-bond acceptors (Lipinski definition) is 1. The Labute approximate surface area is 148 Å². The lowest BCUT2D eigenvalue weighted by Crippen LogP contribution is -2.02. The zero-order chi connectivity index (χ0) is 18.8. The highest BCUT2D eigenvalue weighted by Crippen LogP contribution is 2.29. The maximum absolute atomic E-state index is 14.9. The Kier molecular flexibility index (Phi) is 4.98. The molecule has 5 heteroatoms. The minimum Gasteiger partial charge on any atom is -0.505 e. The molecule has 0 unspecified atom stereocenters. The van der Waals surface area contributed by atoms with E-state index in [1.807, 2.05) is 0 Å². The second-order valence-corrected chi connectivity index (χ2v) is 6.15. The van der Waals surface area contributed by atoms with Gasteiger partial charge in [0.05, 0.1) is 0 Å². The quantitative estimate of drug-likeness (QED) is 0.591. The molecule has 0 saturated carbocycles. The molecule has 0 heterocycles. The summed E-state index contributed by atoms with van der Waals surface area (Å²) in [5.74, 6) is -3.51. The van der Waals surface area contributed by atoms with Gasteiger partial charge in [-0.15, -0.1) is 0 Å². The third kappa shape index (κ3) is 3.57. The van der Waals surface area contributed by atoms with Gasteiger partial charge in [-0.2, -0.15) is 0 Å². The van der Waals surface area contributed by atoms with Crippen molar-refractivity contribution in [3.8, 4) is 16.9 Å². The van der Waals surface area contributed by atoms with Gasteiger partial charge in [-0.25, -0.2) is 17.6 Å². The molecule has 0 atom stereocenters. The standard InChI is InChI=1S/C21H16F4O/c1-12-9-14(5-6-16-18(23)7-8-19(26)21(16)25)20(24)17(10-12)13-3-2-4-15(22)11-13/h2-4,7-11,26H,5-6H2,1H3. The second-order valence-electron chi connectivity index (χ2n) is 6.15. The molecule has 0 aliphatic carbocycles. The smallest absolute Gasteiger partial charge is 0.170 e. The van der Waals surface area contributed by atoms with Gasteiger partial charge in [0.2, 0.25) is 0 Å². The molecule has 0 amide bonds. The van der Waals surface area contributed by atoms with Crippen LogP contribution in [0.1, 0.15) is 16.7 Å². The van der Waals surface area contributed by atoms with E-state index in [1.165, 1.54) is 18.2 Å². The Bertz CT molecular complexity index is 966. The molecule has 0 aliphatic heterocycles. The summed E-state index contributed by atoms with van der Waals surface area (Å²) in [6, 6.07) is 10.7. The van der Waals surface area contributed by atoms with Gasteiger partial charge in [0.25, 0.3) is 0 Å². The molecule has 0 fully saturated rings. The number of phenolic OH excluding ortho intramolecular Hbond substituents is 1.